The Hall–Kier alpha value is -5.00. The molecule has 0 saturated heterocycles. The Balaban J connectivity index is 1.38. The van der Waals surface area contributed by atoms with Crippen molar-refractivity contribution in [3.05, 3.63) is 149 Å². The van der Waals surface area contributed by atoms with Crippen molar-refractivity contribution in [1.82, 2.24) is 4.57 Å². The normalized spacial score (nSPS) is 14.7. The SMILES string of the molecule is CC(C)(C)[C@@H]1CCc2c(sc(N=Cc3cc(-c4ccccc4)n(-c4ccccc4)c3-c3ccccc3)c2C(=O)Nc2ccccc2)C1. The first kappa shape index (κ1) is 30.6. The summed E-state index contributed by atoms with van der Waals surface area (Å²) in [5.41, 5.74) is 9.29. The Labute approximate surface area is 281 Å². The number of aliphatic imine (C=N–C) groups is 1. The summed E-state index contributed by atoms with van der Waals surface area (Å²) >= 11 is 1.68. The number of benzene rings is 4. The van der Waals surface area contributed by atoms with E-state index in [0.29, 0.717) is 11.5 Å². The molecule has 1 atom stereocenters. The predicted molar refractivity (Wildman–Crippen MR) is 198 cm³/mol. The fourth-order valence-corrected chi connectivity index (χ4v) is 7.93. The van der Waals surface area contributed by atoms with Gasteiger partial charge in [-0.15, -0.1) is 11.3 Å². The number of hydrogen-bond donors (Lipinski definition) is 1. The highest BCUT2D eigenvalue weighted by Gasteiger charge is 2.34. The van der Waals surface area contributed by atoms with Crippen LogP contribution in [0.4, 0.5) is 10.7 Å². The minimum absolute atomic E-state index is 0.0924. The van der Waals surface area contributed by atoms with Gasteiger partial charge in [0, 0.05) is 28.0 Å². The maximum absolute atomic E-state index is 14.0. The Morgan fingerprint density at radius 2 is 1.43 bits per heavy atom. The second-order valence-electron chi connectivity index (χ2n) is 13.3. The number of amides is 1. The lowest BCUT2D eigenvalue weighted by molar-refractivity contribution is 0.102. The Bertz CT molecular complexity index is 2020. The minimum Gasteiger partial charge on any atom is -0.322 e. The average molecular weight is 634 g/mol. The number of thiophene rings is 1. The first-order chi connectivity index (χ1) is 22.9. The first-order valence-corrected chi connectivity index (χ1v) is 17.2. The van der Waals surface area contributed by atoms with E-state index in [1.807, 2.05) is 54.7 Å². The fourth-order valence-electron chi connectivity index (χ4n) is 6.67. The summed E-state index contributed by atoms with van der Waals surface area (Å²) < 4.78 is 2.32. The van der Waals surface area contributed by atoms with Gasteiger partial charge in [0.2, 0.25) is 0 Å². The molecule has 1 N–H and O–H groups in total. The molecule has 6 aromatic rings. The van der Waals surface area contributed by atoms with E-state index in [1.54, 1.807) is 11.3 Å². The van der Waals surface area contributed by atoms with Crippen LogP contribution in [-0.4, -0.2) is 16.7 Å². The summed E-state index contributed by atoms with van der Waals surface area (Å²) in [6.07, 6.45) is 4.90. The van der Waals surface area contributed by atoms with Crippen LogP contribution < -0.4 is 5.32 Å². The molecule has 7 rings (SSSR count). The molecule has 0 saturated carbocycles. The third kappa shape index (κ3) is 6.36. The molecule has 0 aliphatic heterocycles. The van der Waals surface area contributed by atoms with Gasteiger partial charge in [0.05, 0.1) is 17.0 Å². The van der Waals surface area contributed by atoms with Crippen LogP contribution in [0, 0.1) is 11.3 Å². The van der Waals surface area contributed by atoms with Gasteiger partial charge in [-0.3, -0.25) is 4.79 Å². The highest BCUT2D eigenvalue weighted by Crippen LogP contribution is 2.46. The Morgan fingerprint density at radius 1 is 0.830 bits per heavy atom. The number of aromatic nitrogens is 1. The van der Waals surface area contributed by atoms with E-state index in [9.17, 15) is 4.79 Å². The lowest BCUT2D eigenvalue weighted by Gasteiger charge is -2.33. The molecule has 0 unspecified atom stereocenters. The zero-order valence-electron chi connectivity index (χ0n) is 27.1. The van der Waals surface area contributed by atoms with Crippen LogP contribution >= 0.6 is 11.3 Å². The van der Waals surface area contributed by atoms with Crippen molar-refractivity contribution in [2.75, 3.05) is 5.32 Å². The fraction of sp³-hybridized carbons (Fsp3) is 0.190. The number of rotatable bonds is 7. The van der Waals surface area contributed by atoms with Crippen LogP contribution in [-0.2, 0) is 12.8 Å². The van der Waals surface area contributed by atoms with Gasteiger partial charge in [-0.25, -0.2) is 4.99 Å². The van der Waals surface area contributed by atoms with Gasteiger partial charge in [0.1, 0.15) is 5.00 Å². The van der Waals surface area contributed by atoms with Crippen molar-refractivity contribution in [1.29, 1.82) is 0 Å². The van der Waals surface area contributed by atoms with Crippen molar-refractivity contribution in [2.24, 2.45) is 16.3 Å². The Kier molecular flexibility index (Phi) is 8.48. The van der Waals surface area contributed by atoms with Gasteiger partial charge >= 0.3 is 0 Å². The van der Waals surface area contributed by atoms with E-state index in [1.165, 1.54) is 4.88 Å². The lowest BCUT2D eigenvalue weighted by Crippen LogP contribution is -2.27. The molecule has 234 valence electrons. The zero-order valence-corrected chi connectivity index (χ0v) is 27.9. The van der Waals surface area contributed by atoms with E-state index >= 15 is 0 Å². The maximum atomic E-state index is 14.0. The van der Waals surface area contributed by atoms with Gasteiger partial charge in [-0.1, -0.05) is 118 Å². The smallest absolute Gasteiger partial charge is 0.259 e. The molecule has 1 aliphatic rings. The second kappa shape index (κ2) is 13.0. The van der Waals surface area contributed by atoms with E-state index in [-0.39, 0.29) is 11.3 Å². The molecule has 47 heavy (non-hydrogen) atoms. The number of carbonyl (C=O) groups is 1. The lowest BCUT2D eigenvalue weighted by atomic mass is 9.72. The first-order valence-electron chi connectivity index (χ1n) is 16.3. The van der Waals surface area contributed by atoms with Gasteiger partial charge in [-0.05, 0) is 77.6 Å². The highest BCUT2D eigenvalue weighted by molar-refractivity contribution is 7.16. The summed E-state index contributed by atoms with van der Waals surface area (Å²) in [6.45, 7) is 6.97. The second-order valence-corrected chi connectivity index (χ2v) is 14.4. The predicted octanol–water partition coefficient (Wildman–Crippen LogP) is 11.0. The number of hydrogen-bond acceptors (Lipinski definition) is 3. The molecule has 0 bridgehead atoms. The summed E-state index contributed by atoms with van der Waals surface area (Å²) in [7, 11) is 0. The van der Waals surface area contributed by atoms with Gasteiger partial charge in [0.25, 0.3) is 5.91 Å². The van der Waals surface area contributed by atoms with Crippen LogP contribution in [0.5, 0.6) is 0 Å². The number of nitrogens with zero attached hydrogens (tertiary/aromatic N) is 2. The topological polar surface area (TPSA) is 46.4 Å². The number of anilines is 1. The van der Waals surface area contributed by atoms with Crippen molar-refractivity contribution in [3.63, 3.8) is 0 Å². The van der Waals surface area contributed by atoms with Crippen molar-refractivity contribution < 1.29 is 4.79 Å². The molecule has 5 heteroatoms. The van der Waals surface area contributed by atoms with Crippen molar-refractivity contribution >= 4 is 34.1 Å². The van der Waals surface area contributed by atoms with Gasteiger partial charge in [-0.2, -0.15) is 0 Å². The standard InChI is InChI=1S/C42H39N3OS/c1-42(2,3)32-24-25-35-37(27-32)47-41(38(35)40(46)44-33-20-12-6-13-21-33)43-28-31-26-36(29-16-8-4-9-17-29)45(34-22-14-7-15-23-34)39(31)30-18-10-5-11-19-30/h4-23,26,28,32H,24-25,27H2,1-3H3,(H,44,46)/t32-/m1/s1. The molecule has 4 nitrogen and oxygen atoms in total. The van der Waals surface area contributed by atoms with Gasteiger partial charge < -0.3 is 9.88 Å². The van der Waals surface area contributed by atoms with Crippen molar-refractivity contribution in [2.45, 2.75) is 40.0 Å². The van der Waals surface area contributed by atoms with Crippen LogP contribution in [0.15, 0.2) is 132 Å². The Morgan fingerprint density at radius 3 is 2.06 bits per heavy atom. The third-order valence-corrected chi connectivity index (χ3v) is 10.4. The maximum Gasteiger partial charge on any atom is 0.259 e. The van der Waals surface area contributed by atoms with Gasteiger partial charge in [0.15, 0.2) is 0 Å². The summed E-state index contributed by atoms with van der Waals surface area (Å²) in [6, 6.07) is 43.4. The minimum atomic E-state index is -0.0924. The van der Waals surface area contributed by atoms with Crippen molar-refractivity contribution in [3.8, 4) is 28.2 Å². The molecular weight excluding hydrogens is 595 g/mol. The van der Waals surface area contributed by atoms with E-state index in [0.717, 1.165) is 69.3 Å². The summed E-state index contributed by atoms with van der Waals surface area (Å²) in [4.78, 5) is 20.5. The highest BCUT2D eigenvalue weighted by atomic mass is 32.1. The number of para-hydroxylation sites is 2. The third-order valence-electron chi connectivity index (χ3n) is 9.21. The quantitative estimate of drug-likeness (QED) is 0.175. The van der Waals surface area contributed by atoms with Crippen LogP contribution in [0.2, 0.25) is 0 Å². The monoisotopic (exact) mass is 633 g/mol. The number of nitrogens with one attached hydrogen (secondary N) is 1. The largest absolute Gasteiger partial charge is 0.322 e. The average Bonchev–Trinajstić information content (AvgIpc) is 3.67. The molecule has 2 aromatic heterocycles. The van der Waals surface area contributed by atoms with Crippen LogP contribution in [0.25, 0.3) is 28.2 Å². The molecule has 1 aliphatic carbocycles. The molecule has 0 radical (unpaired) electrons. The molecule has 4 aromatic carbocycles. The zero-order chi connectivity index (χ0) is 32.4. The number of fused-ring (bicyclic) bond motifs is 1. The molecule has 2 heterocycles. The van der Waals surface area contributed by atoms with Crippen LogP contribution in [0.3, 0.4) is 0 Å². The molecule has 0 fully saturated rings. The molecular formula is C42H39N3OS. The van der Waals surface area contributed by atoms with E-state index in [4.69, 9.17) is 4.99 Å². The summed E-state index contributed by atoms with van der Waals surface area (Å²) in [5, 5.41) is 3.93. The molecule has 0 spiro atoms. The number of carbonyl (C=O) groups excluding carboxylic acids is 1. The summed E-state index contributed by atoms with van der Waals surface area (Å²) in [5.74, 6) is 0.471. The molecule has 1 amide bonds. The van der Waals surface area contributed by atoms with E-state index < -0.39 is 0 Å². The van der Waals surface area contributed by atoms with Crippen LogP contribution in [0.1, 0.15) is 53.6 Å². The van der Waals surface area contributed by atoms with E-state index in [2.05, 4.69) is 110 Å².